The predicted octanol–water partition coefficient (Wildman–Crippen LogP) is 1.65. The van der Waals surface area contributed by atoms with E-state index in [4.69, 9.17) is 4.74 Å². The Balaban J connectivity index is 1.97. The van der Waals surface area contributed by atoms with Crippen LogP contribution in [0.15, 0.2) is 17.1 Å². The van der Waals surface area contributed by atoms with E-state index >= 15 is 0 Å². The van der Waals surface area contributed by atoms with Gasteiger partial charge in [-0.05, 0) is 44.2 Å². The van der Waals surface area contributed by atoms with Crippen molar-refractivity contribution < 1.29 is 14.6 Å². The minimum Gasteiger partial charge on any atom is -0.462 e. The number of esters is 1. The Kier molecular flexibility index (Phi) is 4.77. The highest BCUT2D eigenvalue weighted by Gasteiger charge is 2.45. The first-order chi connectivity index (χ1) is 11.8. The van der Waals surface area contributed by atoms with Crippen LogP contribution in [0, 0.1) is 5.41 Å². The monoisotopic (exact) mass is 348 g/mol. The molecule has 2 N–H and O–H groups in total. The van der Waals surface area contributed by atoms with Gasteiger partial charge in [-0.2, -0.15) is 0 Å². The van der Waals surface area contributed by atoms with Gasteiger partial charge in [-0.1, -0.05) is 13.8 Å². The van der Waals surface area contributed by atoms with Gasteiger partial charge >= 0.3 is 5.97 Å². The molecule has 6 nitrogen and oxygen atoms in total. The second-order valence-electron chi connectivity index (χ2n) is 7.95. The lowest BCUT2D eigenvalue weighted by molar-refractivity contribution is -0.0998. The summed E-state index contributed by atoms with van der Waals surface area (Å²) in [7, 11) is 0. The molecule has 6 heteroatoms. The van der Waals surface area contributed by atoms with Crippen molar-refractivity contribution in [2.45, 2.75) is 58.1 Å². The summed E-state index contributed by atoms with van der Waals surface area (Å²) in [5.41, 5.74) is -0.299. The zero-order valence-electron chi connectivity index (χ0n) is 15.3. The van der Waals surface area contributed by atoms with Gasteiger partial charge in [0.2, 0.25) is 0 Å². The number of ether oxygens (including phenoxy) is 1. The number of aromatic nitrogens is 1. The van der Waals surface area contributed by atoms with E-state index in [0.717, 1.165) is 18.4 Å². The van der Waals surface area contributed by atoms with Crippen molar-refractivity contribution in [3.63, 3.8) is 0 Å². The Morgan fingerprint density at radius 3 is 2.76 bits per heavy atom. The van der Waals surface area contributed by atoms with Crippen LogP contribution < -0.4 is 10.9 Å². The standard InChI is InChI=1S/C19H28N2O4/c1-4-25-17(23)15-10-21(16(22)9-14(15)13-5-6-13)12-19(24)7-8-20-11-18(19,2)3/h9-10,13,20,24H,4-8,11-12H2,1-3H3. The smallest absolute Gasteiger partial charge is 0.339 e. The molecule has 1 aliphatic heterocycles. The van der Waals surface area contributed by atoms with Crippen LogP contribution in [0.2, 0.25) is 0 Å². The molecule has 1 aromatic heterocycles. The fourth-order valence-corrected chi connectivity index (χ4v) is 3.60. The van der Waals surface area contributed by atoms with Gasteiger partial charge in [0.15, 0.2) is 0 Å². The van der Waals surface area contributed by atoms with Crippen molar-refractivity contribution in [3.05, 3.63) is 33.7 Å². The van der Waals surface area contributed by atoms with Crippen molar-refractivity contribution >= 4 is 5.97 Å². The summed E-state index contributed by atoms with van der Waals surface area (Å²) in [5, 5.41) is 14.5. The van der Waals surface area contributed by atoms with Gasteiger partial charge in [-0.25, -0.2) is 4.79 Å². The Bertz CT molecular complexity index is 721. The summed E-state index contributed by atoms with van der Waals surface area (Å²) in [6.07, 6.45) is 4.15. The third-order valence-electron chi connectivity index (χ3n) is 5.64. The number of carbonyl (C=O) groups is 1. The summed E-state index contributed by atoms with van der Waals surface area (Å²) >= 11 is 0. The van der Waals surface area contributed by atoms with Crippen LogP contribution in [0.25, 0.3) is 0 Å². The number of hydrogen-bond acceptors (Lipinski definition) is 5. The second-order valence-corrected chi connectivity index (χ2v) is 7.95. The molecule has 1 aliphatic carbocycles. The van der Waals surface area contributed by atoms with Crippen molar-refractivity contribution in [3.8, 4) is 0 Å². The van der Waals surface area contributed by atoms with Gasteiger partial charge in [-0.15, -0.1) is 0 Å². The molecule has 1 saturated heterocycles. The molecule has 0 radical (unpaired) electrons. The molecule has 25 heavy (non-hydrogen) atoms. The molecule has 2 heterocycles. The molecule has 0 spiro atoms. The van der Waals surface area contributed by atoms with E-state index in [-0.39, 0.29) is 23.4 Å². The maximum atomic E-state index is 12.6. The molecule has 0 amide bonds. The minimum absolute atomic E-state index is 0.169. The molecule has 2 aliphatic rings. The Morgan fingerprint density at radius 2 is 2.16 bits per heavy atom. The van der Waals surface area contributed by atoms with Crippen LogP contribution in [-0.4, -0.2) is 40.9 Å². The molecule has 138 valence electrons. The molecule has 1 aromatic rings. The van der Waals surface area contributed by atoms with E-state index in [1.165, 1.54) is 4.57 Å². The molecule has 3 rings (SSSR count). The summed E-state index contributed by atoms with van der Waals surface area (Å²) in [6, 6.07) is 1.56. The number of pyridine rings is 1. The Morgan fingerprint density at radius 1 is 1.44 bits per heavy atom. The number of carbonyl (C=O) groups excluding carboxylic acids is 1. The van der Waals surface area contributed by atoms with Gasteiger partial charge in [0.25, 0.3) is 5.56 Å². The zero-order chi connectivity index (χ0) is 18.2. The average Bonchev–Trinajstić information content (AvgIpc) is 3.37. The lowest BCUT2D eigenvalue weighted by atomic mass is 9.70. The summed E-state index contributed by atoms with van der Waals surface area (Å²) in [5.74, 6) is -0.116. The highest BCUT2D eigenvalue weighted by Crippen LogP contribution is 2.41. The number of nitrogens with one attached hydrogen (secondary N) is 1. The topological polar surface area (TPSA) is 80.6 Å². The largest absolute Gasteiger partial charge is 0.462 e. The van der Waals surface area contributed by atoms with Gasteiger partial charge in [0.1, 0.15) is 0 Å². The number of hydrogen-bond donors (Lipinski definition) is 2. The van der Waals surface area contributed by atoms with Crippen molar-refractivity contribution in [1.82, 2.24) is 9.88 Å². The number of piperidine rings is 1. The maximum Gasteiger partial charge on any atom is 0.339 e. The Labute approximate surface area is 148 Å². The van der Waals surface area contributed by atoms with Gasteiger partial charge in [0, 0.05) is 24.2 Å². The first-order valence-corrected chi connectivity index (χ1v) is 9.12. The normalized spacial score (nSPS) is 25.6. The van der Waals surface area contributed by atoms with Crippen molar-refractivity contribution in [1.29, 1.82) is 0 Å². The minimum atomic E-state index is -1.00. The fraction of sp³-hybridized carbons (Fsp3) is 0.684. The molecule has 2 fully saturated rings. The van der Waals surface area contributed by atoms with E-state index in [9.17, 15) is 14.7 Å². The Hall–Kier alpha value is -1.66. The molecule has 1 atom stereocenters. The predicted molar refractivity (Wildman–Crippen MR) is 94.9 cm³/mol. The van der Waals surface area contributed by atoms with Crippen LogP contribution in [0.4, 0.5) is 0 Å². The van der Waals surface area contributed by atoms with E-state index in [1.807, 2.05) is 13.8 Å². The molecule has 1 unspecified atom stereocenters. The molecular weight excluding hydrogens is 320 g/mol. The quantitative estimate of drug-likeness (QED) is 0.791. The molecule has 1 saturated carbocycles. The van der Waals surface area contributed by atoms with Crippen LogP contribution in [0.5, 0.6) is 0 Å². The van der Waals surface area contributed by atoms with Crippen LogP contribution in [0.3, 0.4) is 0 Å². The number of aliphatic hydroxyl groups is 1. The number of rotatable bonds is 5. The van der Waals surface area contributed by atoms with Gasteiger partial charge in [-0.3, -0.25) is 4.79 Å². The van der Waals surface area contributed by atoms with E-state index in [1.54, 1.807) is 19.2 Å². The lowest BCUT2D eigenvalue weighted by Gasteiger charge is -2.47. The van der Waals surface area contributed by atoms with Crippen molar-refractivity contribution in [2.75, 3.05) is 19.7 Å². The molecule has 0 aromatic carbocycles. The maximum absolute atomic E-state index is 12.6. The summed E-state index contributed by atoms with van der Waals surface area (Å²) < 4.78 is 6.65. The van der Waals surface area contributed by atoms with Crippen LogP contribution >= 0.6 is 0 Å². The summed E-state index contributed by atoms with van der Waals surface area (Å²) in [6.45, 7) is 7.63. The van der Waals surface area contributed by atoms with Crippen molar-refractivity contribution in [2.24, 2.45) is 5.41 Å². The highest BCUT2D eigenvalue weighted by molar-refractivity contribution is 5.91. The first kappa shape index (κ1) is 18.1. The number of nitrogens with zero attached hydrogens (tertiary/aromatic N) is 1. The highest BCUT2D eigenvalue weighted by atomic mass is 16.5. The lowest BCUT2D eigenvalue weighted by Crippen LogP contribution is -2.58. The van der Waals surface area contributed by atoms with E-state index in [0.29, 0.717) is 31.7 Å². The zero-order valence-corrected chi connectivity index (χ0v) is 15.3. The SMILES string of the molecule is CCOC(=O)c1cn(CC2(O)CCNCC2(C)C)c(=O)cc1C1CC1. The fourth-order valence-electron chi connectivity index (χ4n) is 3.60. The average molecular weight is 348 g/mol. The van der Waals surface area contributed by atoms with Crippen LogP contribution in [-0.2, 0) is 11.3 Å². The van der Waals surface area contributed by atoms with Crippen LogP contribution in [0.1, 0.15) is 61.9 Å². The second kappa shape index (κ2) is 6.57. The van der Waals surface area contributed by atoms with E-state index in [2.05, 4.69) is 5.32 Å². The van der Waals surface area contributed by atoms with E-state index < -0.39 is 11.6 Å². The summed E-state index contributed by atoms with van der Waals surface area (Å²) in [4.78, 5) is 25.0. The third kappa shape index (κ3) is 3.51. The molecule has 0 bridgehead atoms. The first-order valence-electron chi connectivity index (χ1n) is 9.12. The third-order valence-corrected chi connectivity index (χ3v) is 5.64. The van der Waals surface area contributed by atoms with Gasteiger partial charge in [0.05, 0.1) is 24.3 Å². The van der Waals surface area contributed by atoms with Gasteiger partial charge < -0.3 is 19.7 Å². The molecular formula is C19H28N2O4.